The molecular weight excluding hydrogens is 444 g/mol. The highest BCUT2D eigenvalue weighted by atomic mass is 16.5. The van der Waals surface area contributed by atoms with E-state index in [0.29, 0.717) is 32.2 Å². The second-order valence-corrected chi connectivity index (χ2v) is 10.2. The zero-order valence-electron chi connectivity index (χ0n) is 20.0. The van der Waals surface area contributed by atoms with E-state index < -0.39 is 18.0 Å². The van der Waals surface area contributed by atoms with Crippen molar-refractivity contribution in [2.45, 2.75) is 44.6 Å². The lowest BCUT2D eigenvalue weighted by Crippen LogP contribution is -2.47. The van der Waals surface area contributed by atoms with Gasteiger partial charge in [0.25, 0.3) is 0 Å². The van der Waals surface area contributed by atoms with Gasteiger partial charge in [-0.15, -0.1) is 0 Å². The molecule has 7 nitrogen and oxygen atoms in total. The summed E-state index contributed by atoms with van der Waals surface area (Å²) >= 11 is 0. The molecule has 2 aromatic rings. The van der Waals surface area contributed by atoms with E-state index in [2.05, 4.69) is 29.6 Å². The molecule has 1 saturated heterocycles. The Kier molecular flexibility index (Phi) is 6.50. The number of rotatable bonds is 5. The van der Waals surface area contributed by atoms with Crippen LogP contribution >= 0.6 is 0 Å². The molecule has 184 valence electrons. The van der Waals surface area contributed by atoms with Gasteiger partial charge in [0.05, 0.1) is 5.92 Å². The minimum Gasteiger partial charge on any atom is -0.481 e. The van der Waals surface area contributed by atoms with E-state index in [-0.39, 0.29) is 42.9 Å². The highest BCUT2D eigenvalue weighted by molar-refractivity contribution is 5.81. The summed E-state index contributed by atoms with van der Waals surface area (Å²) < 4.78 is 5.66. The largest absolute Gasteiger partial charge is 0.481 e. The number of nitrogens with zero attached hydrogens (tertiary/aromatic N) is 1. The van der Waals surface area contributed by atoms with Gasteiger partial charge in [0.2, 0.25) is 5.91 Å². The fourth-order valence-corrected chi connectivity index (χ4v) is 5.99. The Morgan fingerprint density at radius 3 is 2.31 bits per heavy atom. The Hall–Kier alpha value is -3.35. The summed E-state index contributed by atoms with van der Waals surface area (Å²) in [6.07, 6.45) is 2.22. The number of carboxylic acid groups (broad SMARTS) is 1. The normalized spacial score (nSPS) is 25.6. The number of carbonyl (C=O) groups is 3. The van der Waals surface area contributed by atoms with Crippen LogP contribution in [0.4, 0.5) is 4.79 Å². The summed E-state index contributed by atoms with van der Waals surface area (Å²) in [5, 5.41) is 12.4. The van der Waals surface area contributed by atoms with Gasteiger partial charge in [0.1, 0.15) is 6.61 Å². The summed E-state index contributed by atoms with van der Waals surface area (Å²) in [6.45, 7) is 3.07. The highest BCUT2D eigenvalue weighted by Gasteiger charge is 2.38. The van der Waals surface area contributed by atoms with E-state index in [1.54, 1.807) is 4.90 Å². The number of hydrogen-bond donors (Lipinski definition) is 2. The lowest BCUT2D eigenvalue weighted by atomic mass is 9.86. The van der Waals surface area contributed by atoms with Gasteiger partial charge in [-0.2, -0.15) is 0 Å². The Morgan fingerprint density at radius 1 is 1.00 bits per heavy atom. The summed E-state index contributed by atoms with van der Waals surface area (Å²) in [5.74, 6) is -1.44. The van der Waals surface area contributed by atoms with Gasteiger partial charge < -0.3 is 20.1 Å². The van der Waals surface area contributed by atoms with Crippen molar-refractivity contribution in [2.75, 3.05) is 19.7 Å². The third-order valence-electron chi connectivity index (χ3n) is 8.03. The van der Waals surface area contributed by atoms with Crippen LogP contribution in [-0.4, -0.2) is 53.7 Å². The van der Waals surface area contributed by atoms with Crippen LogP contribution in [0.15, 0.2) is 48.5 Å². The van der Waals surface area contributed by atoms with Gasteiger partial charge in [0, 0.05) is 31.0 Å². The standard InChI is InChI=1S/C28H32N2O5/c1-17-12-13-30(15-24(17)27(32)33)26(31)18-10-11-19(14-18)29-28(34)35-16-25-22-8-4-2-6-20(22)21-7-3-5-9-23(21)25/h2-9,17-19,24-25H,10-16H2,1H3,(H,29,34)(H,32,33). The van der Waals surface area contributed by atoms with Crippen molar-refractivity contribution in [3.8, 4) is 11.1 Å². The molecule has 2 N–H and O–H groups in total. The van der Waals surface area contributed by atoms with Gasteiger partial charge in [0.15, 0.2) is 0 Å². The molecule has 2 aliphatic carbocycles. The number of alkyl carbamates (subject to hydrolysis) is 1. The third-order valence-corrected chi connectivity index (χ3v) is 8.03. The lowest BCUT2D eigenvalue weighted by Gasteiger charge is -2.36. The number of amides is 2. The first-order valence-corrected chi connectivity index (χ1v) is 12.6. The number of ether oxygens (including phenoxy) is 1. The first-order valence-electron chi connectivity index (χ1n) is 12.6. The van der Waals surface area contributed by atoms with Gasteiger partial charge in [-0.25, -0.2) is 4.79 Å². The van der Waals surface area contributed by atoms with Crippen LogP contribution in [0.5, 0.6) is 0 Å². The molecule has 4 unspecified atom stereocenters. The van der Waals surface area contributed by atoms with Crippen molar-refractivity contribution in [1.82, 2.24) is 10.2 Å². The van der Waals surface area contributed by atoms with E-state index in [1.807, 2.05) is 31.2 Å². The first kappa shape index (κ1) is 23.4. The van der Waals surface area contributed by atoms with Crippen molar-refractivity contribution in [1.29, 1.82) is 0 Å². The van der Waals surface area contributed by atoms with Crippen molar-refractivity contribution in [2.24, 2.45) is 17.8 Å². The van der Waals surface area contributed by atoms with Gasteiger partial charge in [-0.05, 0) is 53.9 Å². The number of nitrogens with one attached hydrogen (secondary N) is 1. The average molecular weight is 477 g/mol. The number of carboxylic acids is 1. The van der Waals surface area contributed by atoms with Gasteiger partial charge in [-0.1, -0.05) is 55.5 Å². The maximum absolute atomic E-state index is 13.0. The average Bonchev–Trinajstić information content (AvgIpc) is 3.45. The molecule has 2 amide bonds. The smallest absolute Gasteiger partial charge is 0.407 e. The topological polar surface area (TPSA) is 95.9 Å². The van der Waals surface area contributed by atoms with E-state index in [9.17, 15) is 19.5 Å². The van der Waals surface area contributed by atoms with Gasteiger partial charge >= 0.3 is 12.1 Å². The van der Waals surface area contributed by atoms with Gasteiger partial charge in [-0.3, -0.25) is 9.59 Å². The molecule has 5 rings (SSSR count). The Morgan fingerprint density at radius 2 is 1.66 bits per heavy atom. The predicted molar refractivity (Wildman–Crippen MR) is 131 cm³/mol. The zero-order chi connectivity index (χ0) is 24.5. The summed E-state index contributed by atoms with van der Waals surface area (Å²) in [6, 6.07) is 16.3. The zero-order valence-corrected chi connectivity index (χ0v) is 20.0. The molecule has 3 aliphatic rings. The highest BCUT2D eigenvalue weighted by Crippen LogP contribution is 2.44. The molecule has 0 radical (unpaired) electrons. The number of fused-ring (bicyclic) bond motifs is 3. The van der Waals surface area contributed by atoms with Crippen LogP contribution in [0.2, 0.25) is 0 Å². The molecular formula is C28H32N2O5. The minimum absolute atomic E-state index is 0.00901. The van der Waals surface area contributed by atoms with Crippen LogP contribution in [0.25, 0.3) is 11.1 Å². The second-order valence-electron chi connectivity index (χ2n) is 10.2. The number of carbonyl (C=O) groups excluding carboxylic acids is 2. The number of likely N-dealkylation sites (tertiary alicyclic amines) is 1. The number of piperidine rings is 1. The molecule has 1 saturated carbocycles. The number of benzene rings is 2. The summed E-state index contributed by atoms with van der Waals surface area (Å²) in [5.41, 5.74) is 4.71. The Bertz CT molecular complexity index is 1090. The summed E-state index contributed by atoms with van der Waals surface area (Å²) in [7, 11) is 0. The van der Waals surface area contributed by atoms with E-state index in [1.165, 1.54) is 22.3 Å². The molecule has 2 fully saturated rings. The monoisotopic (exact) mass is 476 g/mol. The first-order chi connectivity index (χ1) is 16.9. The molecule has 4 atom stereocenters. The SMILES string of the molecule is CC1CCN(C(=O)C2CCC(NC(=O)OCC3c4ccccc4-c4ccccc43)C2)CC1C(=O)O. The van der Waals surface area contributed by atoms with Crippen molar-refractivity contribution < 1.29 is 24.2 Å². The third kappa shape index (κ3) is 4.64. The second kappa shape index (κ2) is 9.72. The molecule has 0 bridgehead atoms. The number of hydrogen-bond acceptors (Lipinski definition) is 4. The molecule has 2 aromatic carbocycles. The molecule has 0 spiro atoms. The Labute approximate surface area is 205 Å². The fraction of sp³-hybridized carbons (Fsp3) is 0.464. The van der Waals surface area contributed by atoms with E-state index in [4.69, 9.17) is 4.74 Å². The Balaban J connectivity index is 1.14. The lowest BCUT2D eigenvalue weighted by molar-refractivity contribution is -0.149. The quantitative estimate of drug-likeness (QED) is 0.672. The van der Waals surface area contributed by atoms with E-state index in [0.717, 1.165) is 0 Å². The molecule has 0 aromatic heterocycles. The van der Waals surface area contributed by atoms with Crippen LogP contribution in [-0.2, 0) is 14.3 Å². The maximum Gasteiger partial charge on any atom is 0.407 e. The van der Waals surface area contributed by atoms with Crippen molar-refractivity contribution >= 4 is 18.0 Å². The van der Waals surface area contributed by atoms with Crippen LogP contribution in [0, 0.1) is 17.8 Å². The van der Waals surface area contributed by atoms with Crippen molar-refractivity contribution in [3.05, 3.63) is 59.7 Å². The molecule has 7 heteroatoms. The molecule has 35 heavy (non-hydrogen) atoms. The summed E-state index contributed by atoms with van der Waals surface area (Å²) in [4.78, 5) is 38.9. The minimum atomic E-state index is -0.837. The predicted octanol–water partition coefficient (Wildman–Crippen LogP) is 4.26. The molecule has 1 aliphatic heterocycles. The fourth-order valence-electron chi connectivity index (χ4n) is 5.99. The van der Waals surface area contributed by atoms with Crippen LogP contribution in [0.3, 0.4) is 0 Å². The van der Waals surface area contributed by atoms with E-state index >= 15 is 0 Å². The molecule has 1 heterocycles. The van der Waals surface area contributed by atoms with Crippen molar-refractivity contribution in [3.63, 3.8) is 0 Å². The maximum atomic E-state index is 13.0. The number of aliphatic carboxylic acids is 1. The van der Waals surface area contributed by atoms with Crippen LogP contribution in [0.1, 0.15) is 49.7 Å². The van der Waals surface area contributed by atoms with Crippen LogP contribution < -0.4 is 5.32 Å².